The fourth-order valence-corrected chi connectivity index (χ4v) is 3.42. The van der Waals surface area contributed by atoms with E-state index in [1.54, 1.807) is 7.05 Å². The molecule has 4 rings (SSSR count). The lowest BCUT2D eigenvalue weighted by Gasteiger charge is -2.27. The molecule has 0 bridgehead atoms. The molecule has 4 nitrogen and oxygen atoms in total. The van der Waals surface area contributed by atoms with Gasteiger partial charge in [-0.3, -0.25) is 9.48 Å². The second-order valence-corrected chi connectivity index (χ2v) is 6.99. The van der Waals surface area contributed by atoms with Gasteiger partial charge in [0.05, 0.1) is 5.69 Å². The molecule has 8 heteroatoms. The third-order valence-corrected chi connectivity index (χ3v) is 5.17. The first-order chi connectivity index (χ1) is 12.3. The Morgan fingerprint density at radius 3 is 2.54 bits per heavy atom. The quantitative estimate of drug-likeness (QED) is 0.823. The molecule has 1 amide bonds. The normalized spacial score (nSPS) is 21.3. The summed E-state index contributed by atoms with van der Waals surface area (Å²) in [5.41, 5.74) is 1.23. The van der Waals surface area contributed by atoms with Crippen LogP contribution in [-0.2, 0) is 11.8 Å². The number of benzene rings is 1. The van der Waals surface area contributed by atoms with Gasteiger partial charge < -0.3 is 5.32 Å². The van der Waals surface area contributed by atoms with Gasteiger partial charge in [-0.2, -0.15) is 5.10 Å². The number of nitrogens with one attached hydrogen (secondary N) is 1. The number of alkyl halides is 2. The zero-order chi connectivity index (χ0) is 18.6. The van der Waals surface area contributed by atoms with Crippen LogP contribution in [0.3, 0.4) is 0 Å². The van der Waals surface area contributed by atoms with E-state index in [1.165, 1.54) is 10.7 Å². The first kappa shape index (κ1) is 17.1. The predicted octanol–water partition coefficient (Wildman–Crippen LogP) is 4.23. The fourth-order valence-electron chi connectivity index (χ4n) is 3.42. The molecule has 2 aliphatic rings. The highest BCUT2D eigenvalue weighted by molar-refractivity contribution is 5.96. The Hall–Kier alpha value is -2.38. The minimum atomic E-state index is -2.97. The summed E-state index contributed by atoms with van der Waals surface area (Å²) < 4.78 is 55.3. The molecule has 2 saturated carbocycles. The number of aromatic nitrogens is 2. The number of hydrogen-bond donors (Lipinski definition) is 1. The molecule has 0 radical (unpaired) electrons. The van der Waals surface area contributed by atoms with Crippen molar-refractivity contribution in [3.05, 3.63) is 35.4 Å². The molecule has 138 valence electrons. The summed E-state index contributed by atoms with van der Waals surface area (Å²) in [5.74, 6) is -6.28. The van der Waals surface area contributed by atoms with Crippen LogP contribution in [0.25, 0.3) is 11.3 Å². The Labute approximate surface area is 147 Å². The SMILES string of the molecule is Cn1nc(NC(=O)[C@H]2CC2(F)F)c(C2CCC2)c1-c1ccc(F)cc1F. The van der Waals surface area contributed by atoms with Crippen LogP contribution >= 0.6 is 0 Å². The van der Waals surface area contributed by atoms with Crippen molar-refractivity contribution in [3.8, 4) is 11.3 Å². The lowest BCUT2D eigenvalue weighted by atomic mass is 9.78. The molecule has 1 heterocycles. The van der Waals surface area contributed by atoms with Gasteiger partial charge in [-0.15, -0.1) is 0 Å². The Kier molecular flexibility index (Phi) is 3.82. The largest absolute Gasteiger partial charge is 0.309 e. The number of nitrogens with zero attached hydrogens (tertiary/aromatic N) is 2. The van der Waals surface area contributed by atoms with Crippen molar-refractivity contribution in [3.63, 3.8) is 0 Å². The third kappa shape index (κ3) is 2.77. The van der Waals surface area contributed by atoms with Gasteiger partial charge in [0.2, 0.25) is 5.91 Å². The number of halogens is 4. The topological polar surface area (TPSA) is 46.9 Å². The monoisotopic (exact) mass is 367 g/mol. The average molecular weight is 367 g/mol. The summed E-state index contributed by atoms with van der Waals surface area (Å²) in [6.07, 6.45) is 2.19. The minimum absolute atomic E-state index is 0.0539. The molecule has 1 aromatic carbocycles. The van der Waals surface area contributed by atoms with E-state index in [0.29, 0.717) is 11.3 Å². The molecular formula is C18H17F4N3O. The van der Waals surface area contributed by atoms with Crippen LogP contribution in [0.15, 0.2) is 18.2 Å². The molecular weight excluding hydrogens is 350 g/mol. The summed E-state index contributed by atoms with van der Waals surface area (Å²) in [4.78, 5) is 12.1. The van der Waals surface area contributed by atoms with E-state index >= 15 is 0 Å². The maximum absolute atomic E-state index is 14.3. The van der Waals surface area contributed by atoms with Gasteiger partial charge >= 0.3 is 0 Å². The smallest absolute Gasteiger partial charge is 0.260 e. The van der Waals surface area contributed by atoms with Crippen molar-refractivity contribution in [2.24, 2.45) is 13.0 Å². The maximum Gasteiger partial charge on any atom is 0.260 e. The van der Waals surface area contributed by atoms with Crippen molar-refractivity contribution >= 4 is 11.7 Å². The molecule has 1 atom stereocenters. The number of rotatable bonds is 4. The highest BCUT2D eigenvalue weighted by Crippen LogP contribution is 2.50. The second-order valence-electron chi connectivity index (χ2n) is 6.99. The van der Waals surface area contributed by atoms with Gasteiger partial charge in [-0.25, -0.2) is 17.6 Å². The molecule has 1 N–H and O–H groups in total. The van der Waals surface area contributed by atoms with Crippen LogP contribution in [0, 0.1) is 17.6 Å². The first-order valence-electron chi connectivity index (χ1n) is 8.49. The van der Waals surface area contributed by atoms with Crippen LogP contribution in [0.1, 0.15) is 37.2 Å². The third-order valence-electron chi connectivity index (χ3n) is 5.17. The second kappa shape index (κ2) is 5.82. The summed E-state index contributed by atoms with van der Waals surface area (Å²) in [5, 5.41) is 6.72. The molecule has 0 aliphatic heterocycles. The van der Waals surface area contributed by atoms with E-state index in [2.05, 4.69) is 10.4 Å². The predicted molar refractivity (Wildman–Crippen MR) is 86.8 cm³/mol. The number of hydrogen-bond acceptors (Lipinski definition) is 2. The summed E-state index contributed by atoms with van der Waals surface area (Å²) >= 11 is 0. The van der Waals surface area contributed by atoms with Crippen LogP contribution in [0.5, 0.6) is 0 Å². The fraction of sp³-hybridized carbons (Fsp3) is 0.444. The van der Waals surface area contributed by atoms with Crippen molar-refractivity contribution in [2.45, 2.75) is 37.5 Å². The lowest BCUT2D eigenvalue weighted by molar-refractivity contribution is -0.119. The van der Waals surface area contributed by atoms with E-state index in [4.69, 9.17) is 0 Å². The molecule has 0 saturated heterocycles. The van der Waals surface area contributed by atoms with Crippen LogP contribution in [-0.4, -0.2) is 21.6 Å². The summed E-state index contributed by atoms with van der Waals surface area (Å²) in [6, 6.07) is 3.26. The van der Waals surface area contributed by atoms with E-state index in [1.807, 2.05) is 0 Å². The van der Waals surface area contributed by atoms with Crippen molar-refractivity contribution < 1.29 is 22.4 Å². The van der Waals surface area contributed by atoms with Gasteiger partial charge in [0.15, 0.2) is 5.82 Å². The van der Waals surface area contributed by atoms with E-state index in [-0.39, 0.29) is 17.3 Å². The minimum Gasteiger partial charge on any atom is -0.309 e. The molecule has 2 aliphatic carbocycles. The zero-order valence-electron chi connectivity index (χ0n) is 14.0. The molecule has 2 fully saturated rings. The van der Waals surface area contributed by atoms with Gasteiger partial charge in [0.1, 0.15) is 17.6 Å². The van der Waals surface area contributed by atoms with Crippen LogP contribution in [0.4, 0.5) is 23.4 Å². The van der Waals surface area contributed by atoms with E-state index < -0.39 is 35.8 Å². The number of carbonyl (C=O) groups excluding carboxylic acids is 1. The highest BCUT2D eigenvalue weighted by atomic mass is 19.3. The molecule has 0 spiro atoms. The Morgan fingerprint density at radius 1 is 1.31 bits per heavy atom. The molecule has 2 aromatic rings. The first-order valence-corrected chi connectivity index (χ1v) is 8.49. The Bertz CT molecular complexity index is 889. The lowest BCUT2D eigenvalue weighted by Crippen LogP contribution is -2.20. The van der Waals surface area contributed by atoms with Crippen LogP contribution < -0.4 is 5.32 Å². The molecule has 1 aromatic heterocycles. The number of anilines is 1. The summed E-state index contributed by atoms with van der Waals surface area (Å²) in [7, 11) is 1.59. The van der Waals surface area contributed by atoms with E-state index in [9.17, 15) is 22.4 Å². The Balaban J connectivity index is 1.75. The van der Waals surface area contributed by atoms with Crippen LogP contribution in [0.2, 0.25) is 0 Å². The van der Waals surface area contributed by atoms with Gasteiger partial charge in [0.25, 0.3) is 5.92 Å². The maximum atomic E-state index is 14.3. The number of amides is 1. The molecule has 0 unspecified atom stereocenters. The zero-order valence-corrected chi connectivity index (χ0v) is 14.0. The summed E-state index contributed by atoms with van der Waals surface area (Å²) in [6.45, 7) is 0. The van der Waals surface area contributed by atoms with Crippen molar-refractivity contribution in [1.82, 2.24) is 9.78 Å². The van der Waals surface area contributed by atoms with Gasteiger partial charge in [0, 0.05) is 30.7 Å². The Morgan fingerprint density at radius 2 is 2.00 bits per heavy atom. The number of aryl methyl sites for hydroxylation is 1. The highest BCUT2D eigenvalue weighted by Gasteiger charge is 2.61. The average Bonchev–Trinajstić information content (AvgIpc) is 3.04. The standard InChI is InChI=1S/C18H17F4N3O/c1-25-15(11-6-5-10(19)7-13(11)20)14(9-3-2-4-9)16(24-25)23-17(26)12-8-18(12,21)22/h5-7,9,12H,2-4,8H2,1H3,(H,23,24,26)/t12-/m1/s1. The van der Waals surface area contributed by atoms with E-state index in [0.717, 1.165) is 31.4 Å². The van der Waals surface area contributed by atoms with Crippen molar-refractivity contribution in [1.29, 1.82) is 0 Å². The van der Waals surface area contributed by atoms with Gasteiger partial charge in [-0.1, -0.05) is 6.42 Å². The van der Waals surface area contributed by atoms with Gasteiger partial charge in [-0.05, 0) is 30.9 Å². The van der Waals surface area contributed by atoms with Crippen molar-refractivity contribution in [2.75, 3.05) is 5.32 Å². The molecule has 26 heavy (non-hydrogen) atoms. The number of carbonyl (C=O) groups is 1.